The highest BCUT2D eigenvalue weighted by molar-refractivity contribution is 9.10. The lowest BCUT2D eigenvalue weighted by molar-refractivity contribution is 0.0174. The van der Waals surface area contributed by atoms with Crippen molar-refractivity contribution in [3.63, 3.8) is 0 Å². The highest BCUT2D eigenvalue weighted by Gasteiger charge is 2.46. The average Bonchev–Trinajstić information content (AvgIpc) is 2.45. The van der Waals surface area contributed by atoms with Gasteiger partial charge in [0, 0.05) is 16.6 Å². The highest BCUT2D eigenvalue weighted by atomic mass is 79.9. The van der Waals surface area contributed by atoms with Gasteiger partial charge in [-0.25, -0.2) is 0 Å². The third kappa shape index (κ3) is 2.75. The molecule has 1 aromatic rings. The van der Waals surface area contributed by atoms with Gasteiger partial charge in [-0.15, -0.1) is 0 Å². The highest BCUT2D eigenvalue weighted by Crippen LogP contribution is 2.52. The summed E-state index contributed by atoms with van der Waals surface area (Å²) in [6.07, 6.45) is 10.1. The molecule has 0 saturated heterocycles. The van der Waals surface area contributed by atoms with Crippen LogP contribution in [-0.2, 0) is 0 Å². The molecule has 0 bridgehead atoms. The fourth-order valence-corrected chi connectivity index (χ4v) is 4.23. The summed E-state index contributed by atoms with van der Waals surface area (Å²) in [6, 6.07) is 9.97. The van der Waals surface area contributed by atoms with Gasteiger partial charge < -0.3 is 5.32 Å². The minimum absolute atomic E-state index is 0.470. The number of hydrogen-bond donors (Lipinski definition) is 1. The summed E-state index contributed by atoms with van der Waals surface area (Å²) in [4.78, 5) is 0. The van der Waals surface area contributed by atoms with Crippen molar-refractivity contribution in [2.45, 2.75) is 64.0 Å². The standard InChI is InChI=1S/C17H24BrN/c1-13(14-5-7-15(18)8-6-14)19-16-9-12-17(16)10-3-2-4-11-17/h5-8,13,16,19H,2-4,9-12H2,1H3. The second-order valence-electron chi connectivity index (χ2n) is 6.45. The number of hydrogen-bond acceptors (Lipinski definition) is 1. The van der Waals surface area contributed by atoms with Crippen LogP contribution in [0.15, 0.2) is 28.7 Å². The Bertz CT molecular complexity index is 419. The Hall–Kier alpha value is -0.340. The first-order chi connectivity index (χ1) is 9.20. The molecular formula is C17H24BrN. The summed E-state index contributed by atoms with van der Waals surface area (Å²) < 4.78 is 1.16. The number of rotatable bonds is 3. The summed E-state index contributed by atoms with van der Waals surface area (Å²) in [6.45, 7) is 2.30. The molecule has 3 rings (SSSR count). The summed E-state index contributed by atoms with van der Waals surface area (Å²) in [5, 5.41) is 3.90. The quantitative estimate of drug-likeness (QED) is 0.805. The van der Waals surface area contributed by atoms with Crippen molar-refractivity contribution in [1.82, 2.24) is 5.32 Å². The molecule has 2 aliphatic rings. The molecule has 0 amide bonds. The van der Waals surface area contributed by atoms with Crippen molar-refractivity contribution in [2.75, 3.05) is 0 Å². The van der Waals surface area contributed by atoms with Gasteiger partial charge in [-0.05, 0) is 55.7 Å². The zero-order chi connectivity index (χ0) is 13.3. The van der Waals surface area contributed by atoms with E-state index in [1.807, 2.05) is 0 Å². The van der Waals surface area contributed by atoms with E-state index in [0.29, 0.717) is 11.5 Å². The van der Waals surface area contributed by atoms with E-state index in [0.717, 1.165) is 10.5 Å². The third-order valence-electron chi connectivity index (χ3n) is 5.34. The van der Waals surface area contributed by atoms with Crippen LogP contribution in [-0.4, -0.2) is 6.04 Å². The van der Waals surface area contributed by atoms with E-state index in [1.54, 1.807) is 0 Å². The SMILES string of the molecule is CC(NC1CCC12CCCCC2)c1ccc(Br)cc1. The fraction of sp³-hybridized carbons (Fsp3) is 0.647. The minimum Gasteiger partial charge on any atom is -0.307 e. The molecule has 2 unspecified atom stereocenters. The lowest BCUT2D eigenvalue weighted by Gasteiger charge is -2.53. The molecule has 2 fully saturated rings. The average molecular weight is 322 g/mol. The predicted octanol–water partition coefficient (Wildman–Crippen LogP) is 5.21. The lowest BCUT2D eigenvalue weighted by atomic mass is 9.57. The van der Waals surface area contributed by atoms with Crippen molar-refractivity contribution in [1.29, 1.82) is 0 Å². The second-order valence-corrected chi connectivity index (χ2v) is 7.37. The molecule has 0 aliphatic heterocycles. The van der Waals surface area contributed by atoms with Gasteiger partial charge >= 0.3 is 0 Å². The van der Waals surface area contributed by atoms with Gasteiger partial charge in [0.2, 0.25) is 0 Å². The van der Waals surface area contributed by atoms with Gasteiger partial charge in [-0.2, -0.15) is 0 Å². The number of benzene rings is 1. The topological polar surface area (TPSA) is 12.0 Å². The molecule has 1 N–H and O–H groups in total. The lowest BCUT2D eigenvalue weighted by Crippen LogP contribution is -2.54. The Morgan fingerprint density at radius 1 is 1.11 bits per heavy atom. The maximum atomic E-state index is 3.90. The molecule has 2 aliphatic carbocycles. The van der Waals surface area contributed by atoms with E-state index in [1.165, 1.54) is 50.5 Å². The first-order valence-corrected chi connectivity index (χ1v) is 8.50. The maximum Gasteiger partial charge on any atom is 0.0294 e. The minimum atomic E-state index is 0.470. The predicted molar refractivity (Wildman–Crippen MR) is 84.2 cm³/mol. The molecule has 2 heteroatoms. The molecular weight excluding hydrogens is 298 g/mol. The van der Waals surface area contributed by atoms with E-state index in [2.05, 4.69) is 52.4 Å². The van der Waals surface area contributed by atoms with Crippen LogP contribution in [0.1, 0.15) is 63.5 Å². The summed E-state index contributed by atoms with van der Waals surface area (Å²) in [7, 11) is 0. The number of halogens is 1. The summed E-state index contributed by atoms with van der Waals surface area (Å²) in [5.74, 6) is 0. The Morgan fingerprint density at radius 3 is 2.37 bits per heavy atom. The van der Waals surface area contributed by atoms with Crippen LogP contribution in [0.25, 0.3) is 0 Å². The molecule has 0 radical (unpaired) electrons. The van der Waals surface area contributed by atoms with Crippen molar-refractivity contribution >= 4 is 15.9 Å². The largest absolute Gasteiger partial charge is 0.307 e. The van der Waals surface area contributed by atoms with Gasteiger partial charge in [0.1, 0.15) is 0 Å². The first-order valence-electron chi connectivity index (χ1n) is 7.71. The van der Waals surface area contributed by atoms with Crippen molar-refractivity contribution in [3.05, 3.63) is 34.3 Å². The second kappa shape index (κ2) is 5.57. The molecule has 1 aromatic carbocycles. The Labute approximate surface area is 125 Å². The van der Waals surface area contributed by atoms with E-state index in [9.17, 15) is 0 Å². The van der Waals surface area contributed by atoms with Crippen LogP contribution in [0.4, 0.5) is 0 Å². The Balaban J connectivity index is 1.63. The molecule has 1 spiro atoms. The van der Waals surface area contributed by atoms with E-state index in [4.69, 9.17) is 0 Å². The van der Waals surface area contributed by atoms with Crippen LogP contribution in [0.3, 0.4) is 0 Å². The zero-order valence-corrected chi connectivity index (χ0v) is 13.4. The molecule has 2 atom stereocenters. The maximum absolute atomic E-state index is 3.90. The first kappa shape index (κ1) is 13.6. The monoisotopic (exact) mass is 321 g/mol. The Morgan fingerprint density at radius 2 is 1.79 bits per heavy atom. The van der Waals surface area contributed by atoms with Crippen molar-refractivity contribution in [2.24, 2.45) is 5.41 Å². The van der Waals surface area contributed by atoms with Crippen LogP contribution in [0, 0.1) is 5.41 Å². The van der Waals surface area contributed by atoms with Gasteiger partial charge in [0.15, 0.2) is 0 Å². The zero-order valence-electron chi connectivity index (χ0n) is 11.8. The normalized spacial score (nSPS) is 26.9. The van der Waals surface area contributed by atoms with Crippen molar-refractivity contribution < 1.29 is 0 Å². The molecule has 0 aromatic heterocycles. The van der Waals surface area contributed by atoms with Gasteiger partial charge in [0.25, 0.3) is 0 Å². The van der Waals surface area contributed by atoms with E-state index < -0.39 is 0 Å². The van der Waals surface area contributed by atoms with Gasteiger partial charge in [0.05, 0.1) is 0 Å². The van der Waals surface area contributed by atoms with E-state index in [-0.39, 0.29) is 0 Å². The summed E-state index contributed by atoms with van der Waals surface area (Å²) in [5.41, 5.74) is 2.06. The molecule has 19 heavy (non-hydrogen) atoms. The summed E-state index contributed by atoms with van der Waals surface area (Å²) >= 11 is 3.51. The van der Waals surface area contributed by atoms with Gasteiger partial charge in [-0.1, -0.05) is 47.3 Å². The van der Waals surface area contributed by atoms with Gasteiger partial charge in [-0.3, -0.25) is 0 Å². The fourth-order valence-electron chi connectivity index (χ4n) is 3.96. The van der Waals surface area contributed by atoms with Crippen LogP contribution in [0.2, 0.25) is 0 Å². The molecule has 2 saturated carbocycles. The van der Waals surface area contributed by atoms with Crippen LogP contribution >= 0.6 is 15.9 Å². The molecule has 0 heterocycles. The van der Waals surface area contributed by atoms with Crippen LogP contribution in [0.5, 0.6) is 0 Å². The van der Waals surface area contributed by atoms with E-state index >= 15 is 0 Å². The van der Waals surface area contributed by atoms with Crippen molar-refractivity contribution in [3.8, 4) is 0 Å². The number of nitrogens with one attached hydrogen (secondary N) is 1. The van der Waals surface area contributed by atoms with Crippen LogP contribution < -0.4 is 5.32 Å². The third-order valence-corrected chi connectivity index (χ3v) is 5.87. The Kier molecular flexibility index (Phi) is 4.00. The smallest absolute Gasteiger partial charge is 0.0294 e. The molecule has 1 nitrogen and oxygen atoms in total. The molecule has 104 valence electrons.